The molecule has 1 N–H and O–H groups in total. The maximum atomic E-state index is 13.8. The normalized spacial score (nSPS) is 18.2. The summed E-state index contributed by atoms with van der Waals surface area (Å²) in [7, 11) is -3.78. The van der Waals surface area contributed by atoms with Crippen molar-refractivity contribution in [1.29, 1.82) is 0 Å². The highest BCUT2D eigenvalue weighted by molar-refractivity contribution is 7.92. The molecule has 1 aliphatic heterocycles. The molecule has 0 saturated carbocycles. The van der Waals surface area contributed by atoms with E-state index >= 15 is 0 Å². The largest absolute Gasteiger partial charge is 0.308 e. The van der Waals surface area contributed by atoms with E-state index in [0.717, 1.165) is 11.0 Å². The molecule has 5 nitrogen and oxygen atoms in total. The van der Waals surface area contributed by atoms with Crippen molar-refractivity contribution in [1.82, 2.24) is 4.72 Å². The van der Waals surface area contributed by atoms with Crippen LogP contribution in [0.5, 0.6) is 0 Å². The van der Waals surface area contributed by atoms with Crippen molar-refractivity contribution >= 4 is 27.7 Å². The monoisotopic (exact) mass is 360 g/mol. The summed E-state index contributed by atoms with van der Waals surface area (Å²) in [4.78, 5) is 13.7. The van der Waals surface area contributed by atoms with Crippen LogP contribution in [-0.2, 0) is 14.8 Å². The molecular weight excluding hydrogens is 343 g/mol. The molecular formula is C18H17FN2O3S. The van der Waals surface area contributed by atoms with Gasteiger partial charge in [0.1, 0.15) is 11.9 Å². The zero-order valence-corrected chi connectivity index (χ0v) is 14.1. The Labute approximate surface area is 145 Å². The Balaban J connectivity index is 1.70. The molecule has 25 heavy (non-hydrogen) atoms. The second kappa shape index (κ2) is 7.16. The number of halogens is 1. The Morgan fingerprint density at radius 3 is 2.48 bits per heavy atom. The first-order chi connectivity index (χ1) is 12.0. The molecule has 1 amide bonds. The number of sulfonamides is 1. The van der Waals surface area contributed by atoms with E-state index in [-0.39, 0.29) is 18.7 Å². The topological polar surface area (TPSA) is 66.5 Å². The lowest BCUT2D eigenvalue weighted by atomic mass is 10.2. The van der Waals surface area contributed by atoms with E-state index in [1.54, 1.807) is 30.3 Å². The number of para-hydroxylation sites is 1. The Bertz CT molecular complexity index is 898. The highest BCUT2D eigenvalue weighted by Gasteiger charge is 2.35. The first-order valence-electron chi connectivity index (χ1n) is 7.78. The molecule has 0 spiro atoms. The van der Waals surface area contributed by atoms with Crippen LogP contribution in [0.3, 0.4) is 0 Å². The van der Waals surface area contributed by atoms with Crippen molar-refractivity contribution < 1.29 is 17.6 Å². The molecule has 1 saturated heterocycles. The minimum absolute atomic E-state index is 0.161. The van der Waals surface area contributed by atoms with Gasteiger partial charge in [-0.05, 0) is 30.2 Å². The quantitative estimate of drug-likeness (QED) is 0.891. The van der Waals surface area contributed by atoms with Gasteiger partial charge in [-0.1, -0.05) is 42.5 Å². The first-order valence-corrected chi connectivity index (χ1v) is 9.32. The van der Waals surface area contributed by atoms with Gasteiger partial charge in [-0.3, -0.25) is 4.79 Å². The maximum absolute atomic E-state index is 13.8. The van der Waals surface area contributed by atoms with Crippen molar-refractivity contribution in [3.8, 4) is 0 Å². The molecule has 2 aromatic rings. The summed E-state index contributed by atoms with van der Waals surface area (Å²) in [5.74, 6) is -0.967. The SMILES string of the molecule is O=C1C(NS(=O)(=O)C=Cc2ccccc2)CCN1c1ccccc1F. The average Bonchev–Trinajstić information content (AvgIpc) is 2.95. The summed E-state index contributed by atoms with van der Waals surface area (Å²) in [5, 5.41) is 1.03. The van der Waals surface area contributed by atoms with Crippen molar-refractivity contribution in [2.45, 2.75) is 12.5 Å². The number of rotatable bonds is 5. The van der Waals surface area contributed by atoms with E-state index in [9.17, 15) is 17.6 Å². The van der Waals surface area contributed by atoms with Crippen molar-refractivity contribution in [2.24, 2.45) is 0 Å². The van der Waals surface area contributed by atoms with Crippen LogP contribution in [0.1, 0.15) is 12.0 Å². The molecule has 0 aromatic heterocycles. The van der Waals surface area contributed by atoms with Crippen LogP contribution in [-0.4, -0.2) is 26.9 Å². The third-order valence-corrected chi connectivity index (χ3v) is 5.00. The van der Waals surface area contributed by atoms with Crippen molar-refractivity contribution in [3.05, 3.63) is 71.4 Å². The molecule has 1 aliphatic rings. The van der Waals surface area contributed by atoms with E-state index in [4.69, 9.17) is 0 Å². The van der Waals surface area contributed by atoms with Gasteiger partial charge in [-0.2, -0.15) is 4.72 Å². The fourth-order valence-electron chi connectivity index (χ4n) is 2.67. The Kier molecular flexibility index (Phi) is 4.96. The van der Waals surface area contributed by atoms with E-state index in [0.29, 0.717) is 0 Å². The average molecular weight is 360 g/mol. The number of carbonyl (C=O) groups is 1. The van der Waals surface area contributed by atoms with Crippen molar-refractivity contribution in [2.75, 3.05) is 11.4 Å². The minimum Gasteiger partial charge on any atom is -0.308 e. The molecule has 0 bridgehead atoms. The van der Waals surface area contributed by atoms with Crippen LogP contribution in [0.15, 0.2) is 60.0 Å². The fraction of sp³-hybridized carbons (Fsp3) is 0.167. The Hall–Kier alpha value is -2.51. The molecule has 1 fully saturated rings. The summed E-state index contributed by atoms with van der Waals surface area (Å²) in [6, 6.07) is 14.0. The number of amides is 1. The van der Waals surface area contributed by atoms with Crippen LogP contribution < -0.4 is 9.62 Å². The van der Waals surface area contributed by atoms with Gasteiger partial charge in [0.25, 0.3) is 0 Å². The van der Waals surface area contributed by atoms with Crippen molar-refractivity contribution in [3.63, 3.8) is 0 Å². The van der Waals surface area contributed by atoms with Gasteiger partial charge in [-0.15, -0.1) is 0 Å². The summed E-state index contributed by atoms with van der Waals surface area (Å²) < 4.78 is 40.6. The number of carbonyl (C=O) groups excluding carboxylic acids is 1. The summed E-state index contributed by atoms with van der Waals surface area (Å²) >= 11 is 0. The molecule has 7 heteroatoms. The smallest absolute Gasteiger partial charge is 0.245 e. The van der Waals surface area contributed by atoms with Crippen LogP contribution in [0.4, 0.5) is 10.1 Å². The number of hydrogen-bond acceptors (Lipinski definition) is 3. The zero-order valence-electron chi connectivity index (χ0n) is 13.3. The standard InChI is InChI=1S/C18H17FN2O3S/c19-15-8-4-5-9-17(15)21-12-10-16(18(21)22)20-25(23,24)13-11-14-6-2-1-3-7-14/h1-9,11,13,16,20H,10,12H2. The Morgan fingerprint density at radius 2 is 1.76 bits per heavy atom. The molecule has 1 heterocycles. The van der Waals surface area contributed by atoms with E-state index in [2.05, 4.69) is 4.72 Å². The van der Waals surface area contributed by atoms with Gasteiger partial charge in [-0.25, -0.2) is 12.8 Å². The summed E-state index contributed by atoms with van der Waals surface area (Å²) in [6.45, 7) is 0.259. The van der Waals surface area contributed by atoms with E-state index < -0.39 is 27.8 Å². The van der Waals surface area contributed by atoms with Gasteiger partial charge < -0.3 is 4.90 Å². The predicted molar refractivity (Wildman–Crippen MR) is 94.7 cm³/mol. The van der Waals surface area contributed by atoms with Crippen LogP contribution in [0.2, 0.25) is 0 Å². The zero-order chi connectivity index (χ0) is 17.9. The van der Waals surface area contributed by atoms with Gasteiger partial charge in [0.2, 0.25) is 15.9 Å². The van der Waals surface area contributed by atoms with Crippen LogP contribution in [0.25, 0.3) is 6.08 Å². The fourth-order valence-corrected chi connectivity index (χ4v) is 3.70. The molecule has 2 aromatic carbocycles. The minimum atomic E-state index is -3.78. The lowest BCUT2D eigenvalue weighted by Gasteiger charge is -2.17. The second-order valence-corrected chi connectivity index (χ2v) is 7.26. The number of hydrogen-bond donors (Lipinski definition) is 1. The van der Waals surface area contributed by atoms with Gasteiger partial charge in [0, 0.05) is 12.0 Å². The number of benzene rings is 2. The number of anilines is 1. The third-order valence-electron chi connectivity index (χ3n) is 3.89. The lowest BCUT2D eigenvalue weighted by molar-refractivity contribution is -0.118. The molecule has 1 atom stereocenters. The third kappa shape index (κ3) is 4.12. The maximum Gasteiger partial charge on any atom is 0.245 e. The highest BCUT2D eigenvalue weighted by Crippen LogP contribution is 2.24. The first kappa shape index (κ1) is 17.3. The van der Waals surface area contributed by atoms with Gasteiger partial charge in [0.15, 0.2) is 0 Å². The highest BCUT2D eigenvalue weighted by atomic mass is 32.2. The number of nitrogens with one attached hydrogen (secondary N) is 1. The summed E-state index contributed by atoms with van der Waals surface area (Å²) in [6.07, 6.45) is 1.74. The molecule has 3 rings (SSSR count). The number of nitrogens with zero attached hydrogens (tertiary/aromatic N) is 1. The molecule has 0 radical (unpaired) electrons. The second-order valence-electron chi connectivity index (χ2n) is 5.66. The van der Waals surface area contributed by atoms with Gasteiger partial charge in [0.05, 0.1) is 5.69 Å². The van der Waals surface area contributed by atoms with Crippen LogP contribution >= 0.6 is 0 Å². The molecule has 1 unspecified atom stereocenters. The summed E-state index contributed by atoms with van der Waals surface area (Å²) in [5.41, 5.74) is 0.896. The molecule has 130 valence electrons. The Morgan fingerprint density at radius 1 is 1.08 bits per heavy atom. The van der Waals surface area contributed by atoms with E-state index in [1.807, 2.05) is 6.07 Å². The molecule has 0 aliphatic carbocycles. The lowest BCUT2D eigenvalue weighted by Crippen LogP contribution is -2.40. The van der Waals surface area contributed by atoms with E-state index in [1.165, 1.54) is 29.2 Å². The van der Waals surface area contributed by atoms with Crippen LogP contribution in [0, 0.1) is 5.82 Å². The van der Waals surface area contributed by atoms with Gasteiger partial charge >= 0.3 is 0 Å². The predicted octanol–water partition coefficient (Wildman–Crippen LogP) is 2.52.